The van der Waals surface area contributed by atoms with E-state index in [0.717, 1.165) is 5.69 Å². The molecule has 0 aliphatic carbocycles. The van der Waals surface area contributed by atoms with Crippen LogP contribution >= 0.6 is 11.5 Å². The molecule has 14 heavy (non-hydrogen) atoms. The van der Waals surface area contributed by atoms with Crippen molar-refractivity contribution in [3.05, 3.63) is 16.6 Å². The SMILES string of the molecule is Cc1nscc1C(=O)N1CC[C@H](O)C1. The number of hydrogen-bond acceptors (Lipinski definition) is 4. The standard InChI is InChI=1S/C9H12N2O2S/c1-6-8(5-14-10-6)9(13)11-3-2-7(12)4-11/h5,7,12H,2-4H2,1H3/t7-/m0/s1. The monoisotopic (exact) mass is 212 g/mol. The Bertz CT molecular complexity index is 350. The van der Waals surface area contributed by atoms with Gasteiger partial charge in [-0.1, -0.05) is 0 Å². The van der Waals surface area contributed by atoms with E-state index in [2.05, 4.69) is 4.37 Å². The van der Waals surface area contributed by atoms with E-state index in [0.29, 0.717) is 25.1 Å². The van der Waals surface area contributed by atoms with Crippen LogP contribution in [-0.4, -0.2) is 39.5 Å². The Morgan fingerprint density at radius 1 is 1.79 bits per heavy atom. The lowest BCUT2D eigenvalue weighted by Gasteiger charge is -2.14. The Kier molecular flexibility index (Phi) is 2.52. The van der Waals surface area contributed by atoms with Crippen molar-refractivity contribution in [2.75, 3.05) is 13.1 Å². The minimum atomic E-state index is -0.356. The van der Waals surface area contributed by atoms with Crippen molar-refractivity contribution < 1.29 is 9.90 Å². The molecule has 1 amide bonds. The van der Waals surface area contributed by atoms with Crippen LogP contribution in [0, 0.1) is 6.92 Å². The van der Waals surface area contributed by atoms with Crippen LogP contribution in [0.15, 0.2) is 5.38 Å². The second-order valence-corrected chi connectivity index (χ2v) is 4.14. The first-order valence-electron chi connectivity index (χ1n) is 4.57. The summed E-state index contributed by atoms with van der Waals surface area (Å²) >= 11 is 1.29. The topological polar surface area (TPSA) is 53.4 Å². The van der Waals surface area contributed by atoms with Gasteiger partial charge in [-0.05, 0) is 24.9 Å². The molecule has 1 N–H and O–H groups in total. The molecule has 0 spiro atoms. The molecule has 0 saturated carbocycles. The summed E-state index contributed by atoms with van der Waals surface area (Å²) in [5, 5.41) is 11.1. The Hall–Kier alpha value is -0.940. The van der Waals surface area contributed by atoms with Crippen molar-refractivity contribution in [1.29, 1.82) is 0 Å². The molecular weight excluding hydrogens is 200 g/mol. The van der Waals surface area contributed by atoms with Gasteiger partial charge in [0.25, 0.3) is 5.91 Å². The molecule has 5 heteroatoms. The highest BCUT2D eigenvalue weighted by Crippen LogP contribution is 2.16. The number of nitrogens with zero attached hydrogens (tertiary/aromatic N) is 2. The van der Waals surface area contributed by atoms with Crippen molar-refractivity contribution in [1.82, 2.24) is 9.27 Å². The van der Waals surface area contributed by atoms with Gasteiger partial charge in [0.1, 0.15) is 0 Å². The van der Waals surface area contributed by atoms with Crippen LogP contribution in [0.4, 0.5) is 0 Å². The number of aryl methyl sites for hydroxylation is 1. The first kappa shape index (κ1) is 9.61. The van der Waals surface area contributed by atoms with Crippen LogP contribution < -0.4 is 0 Å². The Labute approximate surface area is 86.3 Å². The average Bonchev–Trinajstić information content (AvgIpc) is 2.73. The molecule has 0 unspecified atom stereocenters. The van der Waals surface area contributed by atoms with E-state index in [4.69, 9.17) is 0 Å². The number of carbonyl (C=O) groups excluding carboxylic acids is 1. The molecule has 1 aromatic heterocycles. The van der Waals surface area contributed by atoms with Crippen LogP contribution in [0.2, 0.25) is 0 Å². The molecule has 4 nitrogen and oxygen atoms in total. The van der Waals surface area contributed by atoms with Crippen molar-refractivity contribution in [2.24, 2.45) is 0 Å². The molecule has 0 aromatic carbocycles. The van der Waals surface area contributed by atoms with Gasteiger partial charge in [0.15, 0.2) is 0 Å². The van der Waals surface area contributed by atoms with Gasteiger partial charge in [-0.2, -0.15) is 4.37 Å². The molecule has 1 aliphatic heterocycles. The molecule has 1 aromatic rings. The predicted octanol–water partition coefficient (Wildman–Crippen LogP) is 0.658. The van der Waals surface area contributed by atoms with Crippen molar-refractivity contribution in [3.63, 3.8) is 0 Å². The third-order valence-electron chi connectivity index (χ3n) is 2.43. The highest BCUT2D eigenvalue weighted by molar-refractivity contribution is 7.03. The van der Waals surface area contributed by atoms with Gasteiger partial charge in [0, 0.05) is 18.5 Å². The van der Waals surface area contributed by atoms with Gasteiger partial charge >= 0.3 is 0 Å². The van der Waals surface area contributed by atoms with Gasteiger partial charge < -0.3 is 10.0 Å². The van der Waals surface area contributed by atoms with E-state index >= 15 is 0 Å². The number of β-amino-alcohol motifs (C(OH)–C–C–N with tert-alkyl or cyclic N) is 1. The summed E-state index contributed by atoms with van der Waals surface area (Å²) < 4.78 is 4.06. The third-order valence-corrected chi connectivity index (χ3v) is 3.15. The van der Waals surface area contributed by atoms with E-state index in [1.54, 1.807) is 10.3 Å². The molecule has 0 bridgehead atoms. The number of amides is 1. The molecule has 1 saturated heterocycles. The van der Waals surface area contributed by atoms with E-state index in [-0.39, 0.29) is 12.0 Å². The number of rotatable bonds is 1. The molecule has 0 radical (unpaired) electrons. The summed E-state index contributed by atoms with van der Waals surface area (Å²) in [6.45, 7) is 2.93. The molecule has 2 rings (SSSR count). The third kappa shape index (κ3) is 1.65. The summed E-state index contributed by atoms with van der Waals surface area (Å²) in [5.74, 6) is -0.00667. The Balaban J connectivity index is 2.13. The molecule has 76 valence electrons. The van der Waals surface area contributed by atoms with Crippen molar-refractivity contribution in [2.45, 2.75) is 19.4 Å². The second-order valence-electron chi connectivity index (χ2n) is 3.51. The first-order chi connectivity index (χ1) is 6.68. The highest BCUT2D eigenvalue weighted by atomic mass is 32.1. The zero-order chi connectivity index (χ0) is 10.1. The maximum absolute atomic E-state index is 11.9. The maximum atomic E-state index is 11.9. The van der Waals surface area contributed by atoms with E-state index in [1.807, 2.05) is 6.92 Å². The van der Waals surface area contributed by atoms with Crippen molar-refractivity contribution in [3.8, 4) is 0 Å². The molecule has 1 fully saturated rings. The fourth-order valence-corrected chi connectivity index (χ4v) is 2.28. The Morgan fingerprint density at radius 3 is 3.07 bits per heavy atom. The summed E-state index contributed by atoms with van der Waals surface area (Å²) in [7, 11) is 0. The molecule has 1 aliphatic rings. The number of hydrogen-bond donors (Lipinski definition) is 1. The first-order valence-corrected chi connectivity index (χ1v) is 5.40. The molecular formula is C9H12N2O2S. The normalized spacial score (nSPS) is 21.6. The Morgan fingerprint density at radius 2 is 2.57 bits per heavy atom. The highest BCUT2D eigenvalue weighted by Gasteiger charge is 2.26. The smallest absolute Gasteiger partial charge is 0.256 e. The number of aromatic nitrogens is 1. The zero-order valence-electron chi connectivity index (χ0n) is 7.93. The summed E-state index contributed by atoms with van der Waals surface area (Å²) in [5.41, 5.74) is 1.45. The van der Waals surface area contributed by atoms with Crippen LogP contribution in [0.1, 0.15) is 22.5 Å². The van der Waals surface area contributed by atoms with Gasteiger partial charge in [0.2, 0.25) is 0 Å². The van der Waals surface area contributed by atoms with Crippen LogP contribution in [-0.2, 0) is 0 Å². The fraction of sp³-hybridized carbons (Fsp3) is 0.556. The number of aliphatic hydroxyl groups is 1. The summed E-state index contributed by atoms with van der Waals surface area (Å²) in [6, 6.07) is 0. The molecule has 1 atom stereocenters. The van der Waals surface area contributed by atoms with E-state index in [1.165, 1.54) is 11.5 Å². The van der Waals surface area contributed by atoms with E-state index in [9.17, 15) is 9.90 Å². The predicted molar refractivity (Wildman–Crippen MR) is 53.4 cm³/mol. The van der Waals surface area contributed by atoms with Gasteiger partial charge in [-0.15, -0.1) is 0 Å². The van der Waals surface area contributed by atoms with Crippen LogP contribution in [0.5, 0.6) is 0 Å². The number of aliphatic hydroxyl groups excluding tert-OH is 1. The van der Waals surface area contributed by atoms with E-state index < -0.39 is 0 Å². The summed E-state index contributed by atoms with van der Waals surface area (Å²) in [4.78, 5) is 13.5. The van der Waals surface area contributed by atoms with Gasteiger partial charge in [-0.3, -0.25) is 4.79 Å². The largest absolute Gasteiger partial charge is 0.391 e. The zero-order valence-corrected chi connectivity index (χ0v) is 8.75. The minimum absolute atomic E-state index is 0.00667. The average molecular weight is 212 g/mol. The van der Waals surface area contributed by atoms with Gasteiger partial charge in [-0.25, -0.2) is 0 Å². The quantitative estimate of drug-likeness (QED) is 0.744. The lowest BCUT2D eigenvalue weighted by Crippen LogP contribution is -2.29. The van der Waals surface area contributed by atoms with Crippen LogP contribution in [0.25, 0.3) is 0 Å². The second kappa shape index (κ2) is 3.67. The minimum Gasteiger partial charge on any atom is -0.391 e. The fourth-order valence-electron chi connectivity index (χ4n) is 1.59. The summed E-state index contributed by atoms with van der Waals surface area (Å²) in [6.07, 6.45) is 0.327. The lowest BCUT2D eigenvalue weighted by molar-refractivity contribution is 0.0764. The van der Waals surface area contributed by atoms with Gasteiger partial charge in [0.05, 0.1) is 17.4 Å². The van der Waals surface area contributed by atoms with Crippen molar-refractivity contribution >= 4 is 17.4 Å². The van der Waals surface area contributed by atoms with Crippen LogP contribution in [0.3, 0.4) is 0 Å². The number of carbonyl (C=O) groups is 1. The maximum Gasteiger partial charge on any atom is 0.256 e. The molecule has 2 heterocycles. The lowest BCUT2D eigenvalue weighted by atomic mass is 10.2. The number of likely N-dealkylation sites (tertiary alicyclic amines) is 1.